The van der Waals surface area contributed by atoms with Gasteiger partial charge >= 0.3 is 6.36 Å². The Morgan fingerprint density at radius 2 is 1.85 bits per heavy atom. The van der Waals surface area contributed by atoms with Crippen molar-refractivity contribution < 1.29 is 27.6 Å². The highest BCUT2D eigenvalue weighted by Gasteiger charge is 2.31. The zero-order valence-electron chi connectivity index (χ0n) is 12.8. The van der Waals surface area contributed by atoms with Gasteiger partial charge in [0, 0.05) is 34.9 Å². The highest BCUT2D eigenvalue weighted by Crippen LogP contribution is 2.26. The maximum Gasteiger partial charge on any atom is 0.573 e. The lowest BCUT2D eigenvalue weighted by Gasteiger charge is -2.09. The predicted octanol–water partition coefficient (Wildman–Crippen LogP) is 4.23. The van der Waals surface area contributed by atoms with E-state index in [0.29, 0.717) is 10.9 Å². The van der Waals surface area contributed by atoms with E-state index in [0.717, 1.165) is 12.1 Å². The first kappa shape index (κ1) is 17.3. The molecular formula is C16H10F3N3O4. The fraction of sp³-hybridized carbons (Fsp3) is 0.0625. The van der Waals surface area contributed by atoms with Crippen molar-refractivity contribution in [2.24, 2.45) is 0 Å². The Labute approximate surface area is 143 Å². The molecule has 0 atom stereocenters. The molecule has 0 aliphatic carbocycles. The molecular weight excluding hydrogens is 355 g/mol. The number of nitrogens with one attached hydrogen (secondary N) is 2. The lowest BCUT2D eigenvalue weighted by atomic mass is 10.1. The molecule has 0 saturated carbocycles. The van der Waals surface area contributed by atoms with Crippen molar-refractivity contribution in [3.8, 4) is 5.75 Å². The number of nitro benzene ring substituents is 1. The lowest BCUT2D eigenvalue weighted by molar-refractivity contribution is -0.384. The molecule has 2 aromatic carbocycles. The van der Waals surface area contributed by atoms with E-state index in [1.807, 2.05) is 0 Å². The van der Waals surface area contributed by atoms with Crippen molar-refractivity contribution in [3.05, 3.63) is 64.3 Å². The van der Waals surface area contributed by atoms with Crippen LogP contribution in [0.1, 0.15) is 10.4 Å². The van der Waals surface area contributed by atoms with Crippen LogP contribution in [0.5, 0.6) is 5.75 Å². The number of carbonyl (C=O) groups is 1. The van der Waals surface area contributed by atoms with Gasteiger partial charge in [0.2, 0.25) is 0 Å². The quantitative estimate of drug-likeness (QED) is 0.534. The fourth-order valence-electron chi connectivity index (χ4n) is 2.35. The van der Waals surface area contributed by atoms with Gasteiger partial charge in [-0.25, -0.2) is 0 Å². The van der Waals surface area contributed by atoms with E-state index in [1.165, 1.54) is 36.5 Å². The molecule has 1 aromatic heterocycles. The molecule has 2 N–H and O–H groups in total. The minimum absolute atomic E-state index is 0.166. The minimum Gasteiger partial charge on any atom is -0.406 e. The highest BCUT2D eigenvalue weighted by molar-refractivity contribution is 6.13. The highest BCUT2D eigenvalue weighted by atomic mass is 19.4. The first-order valence-electron chi connectivity index (χ1n) is 7.15. The van der Waals surface area contributed by atoms with E-state index < -0.39 is 22.9 Å². The summed E-state index contributed by atoms with van der Waals surface area (Å²) in [6, 6.07) is 8.66. The van der Waals surface area contributed by atoms with Crippen LogP contribution in [0.25, 0.3) is 10.9 Å². The van der Waals surface area contributed by atoms with Crippen molar-refractivity contribution in [3.63, 3.8) is 0 Å². The largest absolute Gasteiger partial charge is 0.573 e. The summed E-state index contributed by atoms with van der Waals surface area (Å²) < 4.78 is 40.1. The van der Waals surface area contributed by atoms with Gasteiger partial charge in [0.1, 0.15) is 5.75 Å². The third-order valence-corrected chi connectivity index (χ3v) is 3.47. The average molecular weight is 365 g/mol. The van der Waals surface area contributed by atoms with Crippen molar-refractivity contribution in [2.75, 3.05) is 5.32 Å². The second-order valence-corrected chi connectivity index (χ2v) is 5.22. The SMILES string of the molecule is O=C(Nc1ccc(OC(F)(F)F)cc1)c1c[nH]c2ccc([N+](=O)[O-])cc12. The number of alkyl halides is 3. The second-order valence-electron chi connectivity index (χ2n) is 5.22. The molecule has 10 heteroatoms. The van der Waals surface area contributed by atoms with E-state index in [1.54, 1.807) is 0 Å². The summed E-state index contributed by atoms with van der Waals surface area (Å²) in [6.07, 6.45) is -3.41. The number of nitrogens with zero attached hydrogens (tertiary/aromatic N) is 1. The number of amides is 1. The van der Waals surface area contributed by atoms with Gasteiger partial charge in [0.15, 0.2) is 0 Å². The smallest absolute Gasteiger partial charge is 0.406 e. The Balaban J connectivity index is 1.81. The molecule has 1 heterocycles. The van der Waals surface area contributed by atoms with Crippen molar-refractivity contribution in [1.29, 1.82) is 0 Å². The van der Waals surface area contributed by atoms with Crippen LogP contribution in [0.15, 0.2) is 48.7 Å². The number of fused-ring (bicyclic) bond motifs is 1. The number of nitro groups is 1. The van der Waals surface area contributed by atoms with Crippen molar-refractivity contribution in [2.45, 2.75) is 6.36 Å². The van der Waals surface area contributed by atoms with Gasteiger partial charge in [0.05, 0.1) is 10.5 Å². The first-order chi connectivity index (χ1) is 12.2. The van der Waals surface area contributed by atoms with E-state index in [4.69, 9.17) is 0 Å². The number of non-ortho nitro benzene ring substituents is 1. The molecule has 7 nitrogen and oxygen atoms in total. The molecule has 3 rings (SSSR count). The van der Waals surface area contributed by atoms with Gasteiger partial charge in [-0.3, -0.25) is 14.9 Å². The summed E-state index contributed by atoms with van der Waals surface area (Å²) in [5.41, 5.74) is 0.776. The molecule has 26 heavy (non-hydrogen) atoms. The van der Waals surface area contributed by atoms with Crippen LogP contribution in [0.3, 0.4) is 0 Å². The summed E-state index contributed by atoms with van der Waals surface area (Å²) in [4.78, 5) is 25.5. The third kappa shape index (κ3) is 3.74. The molecule has 0 aliphatic rings. The molecule has 1 amide bonds. The molecule has 0 fully saturated rings. The maximum absolute atomic E-state index is 12.4. The van der Waals surface area contributed by atoms with Gasteiger partial charge in [-0.05, 0) is 30.3 Å². The topological polar surface area (TPSA) is 97.3 Å². The van der Waals surface area contributed by atoms with Crippen LogP contribution in [0.4, 0.5) is 24.5 Å². The number of hydrogen-bond acceptors (Lipinski definition) is 4. The van der Waals surface area contributed by atoms with Crippen molar-refractivity contribution in [1.82, 2.24) is 4.98 Å². The summed E-state index contributed by atoms with van der Waals surface area (Å²) in [6.45, 7) is 0. The normalized spacial score (nSPS) is 11.3. The fourth-order valence-corrected chi connectivity index (χ4v) is 2.35. The summed E-state index contributed by atoms with van der Waals surface area (Å²) in [7, 11) is 0. The van der Waals surface area contributed by atoms with Crippen LogP contribution in [-0.2, 0) is 0 Å². The number of halogens is 3. The minimum atomic E-state index is -4.80. The summed E-state index contributed by atoms with van der Waals surface area (Å²) >= 11 is 0. The first-order valence-corrected chi connectivity index (χ1v) is 7.15. The molecule has 3 aromatic rings. The maximum atomic E-state index is 12.4. The van der Waals surface area contributed by atoms with Gasteiger partial charge < -0.3 is 15.0 Å². The van der Waals surface area contributed by atoms with Crippen LogP contribution in [0.2, 0.25) is 0 Å². The van der Waals surface area contributed by atoms with Crippen molar-refractivity contribution >= 4 is 28.2 Å². The molecule has 134 valence electrons. The Morgan fingerprint density at radius 1 is 1.15 bits per heavy atom. The molecule has 0 aliphatic heterocycles. The Kier molecular flexibility index (Phi) is 4.24. The summed E-state index contributed by atoms with van der Waals surface area (Å²) in [5, 5.41) is 13.7. The zero-order chi connectivity index (χ0) is 18.9. The number of rotatable bonds is 4. The van der Waals surface area contributed by atoms with Crippen LogP contribution in [-0.4, -0.2) is 22.2 Å². The number of ether oxygens (including phenoxy) is 1. The van der Waals surface area contributed by atoms with Crippen LogP contribution in [0, 0.1) is 10.1 Å². The number of aromatic nitrogens is 1. The van der Waals surface area contributed by atoms with E-state index in [2.05, 4.69) is 15.0 Å². The molecule has 0 saturated heterocycles. The van der Waals surface area contributed by atoms with Crippen LogP contribution >= 0.6 is 0 Å². The van der Waals surface area contributed by atoms with Crippen LogP contribution < -0.4 is 10.1 Å². The van der Waals surface area contributed by atoms with E-state index in [-0.39, 0.29) is 16.9 Å². The molecule has 0 bridgehead atoms. The van der Waals surface area contributed by atoms with Gasteiger partial charge in [-0.15, -0.1) is 13.2 Å². The van der Waals surface area contributed by atoms with E-state index in [9.17, 15) is 28.1 Å². The lowest BCUT2D eigenvalue weighted by Crippen LogP contribution is -2.17. The van der Waals surface area contributed by atoms with Gasteiger partial charge in [-0.2, -0.15) is 0 Å². The number of carbonyl (C=O) groups excluding carboxylic acids is 1. The standard InChI is InChI=1S/C16H10F3N3O4/c17-16(18,19)26-11-4-1-9(2-5-11)21-15(23)13-8-20-14-6-3-10(22(24)25)7-12(13)14/h1-8,20H,(H,21,23). The number of hydrogen-bond donors (Lipinski definition) is 2. The average Bonchev–Trinajstić information content (AvgIpc) is 2.98. The van der Waals surface area contributed by atoms with E-state index >= 15 is 0 Å². The molecule has 0 radical (unpaired) electrons. The molecule has 0 unspecified atom stereocenters. The van der Waals surface area contributed by atoms with Gasteiger partial charge in [-0.1, -0.05) is 0 Å². The van der Waals surface area contributed by atoms with Gasteiger partial charge in [0.25, 0.3) is 11.6 Å². The second kappa shape index (κ2) is 6.39. The molecule has 0 spiro atoms. The number of aromatic amines is 1. The summed E-state index contributed by atoms with van der Waals surface area (Å²) in [5.74, 6) is -0.987. The number of H-pyrrole nitrogens is 1. The monoisotopic (exact) mass is 365 g/mol. The predicted molar refractivity (Wildman–Crippen MR) is 86.0 cm³/mol. The Bertz CT molecular complexity index is 981. The zero-order valence-corrected chi connectivity index (χ0v) is 12.8. The number of benzene rings is 2. The Morgan fingerprint density at radius 3 is 2.46 bits per heavy atom. The third-order valence-electron chi connectivity index (χ3n) is 3.47. The number of anilines is 1. The Hall–Kier alpha value is -3.56.